The Morgan fingerprint density at radius 2 is 1.50 bits per heavy atom. The van der Waals surface area contributed by atoms with Crippen LogP contribution in [0.2, 0.25) is 0 Å². The third kappa shape index (κ3) is 4.39. The molecule has 2 nitrogen and oxygen atoms in total. The zero-order valence-electron chi connectivity index (χ0n) is 12.3. The quantitative estimate of drug-likeness (QED) is 0.781. The lowest BCUT2D eigenvalue weighted by Gasteiger charge is -2.08. The molecule has 2 aromatic carbocycles. The van der Waals surface area contributed by atoms with Gasteiger partial charge in [0.1, 0.15) is 5.75 Å². The third-order valence-electron chi connectivity index (χ3n) is 3.50. The van der Waals surface area contributed by atoms with E-state index in [2.05, 4.69) is 43.4 Å². The molecule has 0 aliphatic heterocycles. The van der Waals surface area contributed by atoms with Crippen LogP contribution in [0.1, 0.15) is 36.5 Å². The number of phenolic OH excluding ortho intramolecular Hbond substituents is 1. The summed E-state index contributed by atoms with van der Waals surface area (Å²) in [6, 6.07) is 16.2. The predicted molar refractivity (Wildman–Crippen MR) is 84.0 cm³/mol. The van der Waals surface area contributed by atoms with Gasteiger partial charge in [0.15, 0.2) is 0 Å². The van der Waals surface area contributed by atoms with Crippen molar-refractivity contribution >= 4 is 0 Å². The van der Waals surface area contributed by atoms with Crippen molar-refractivity contribution in [3.8, 4) is 5.75 Å². The van der Waals surface area contributed by atoms with Crippen molar-refractivity contribution in [3.05, 3.63) is 65.2 Å². The van der Waals surface area contributed by atoms with Gasteiger partial charge in [-0.2, -0.15) is 0 Å². The van der Waals surface area contributed by atoms with Crippen molar-refractivity contribution in [1.82, 2.24) is 5.32 Å². The molecule has 0 bridgehead atoms. The number of rotatable bonds is 6. The number of hydrogen-bond donors (Lipinski definition) is 2. The second kappa shape index (κ2) is 7.11. The number of benzene rings is 2. The first kappa shape index (κ1) is 14.6. The summed E-state index contributed by atoms with van der Waals surface area (Å²) in [5.41, 5.74) is 3.95. The highest BCUT2D eigenvalue weighted by atomic mass is 16.3. The molecule has 0 radical (unpaired) electrons. The van der Waals surface area contributed by atoms with Gasteiger partial charge in [-0.15, -0.1) is 0 Å². The Bertz CT molecular complexity index is 514. The minimum atomic E-state index is 0.326. The minimum Gasteiger partial charge on any atom is -0.508 e. The molecule has 0 saturated carbocycles. The maximum atomic E-state index is 9.22. The number of aromatic hydroxyl groups is 1. The van der Waals surface area contributed by atoms with E-state index in [9.17, 15) is 5.11 Å². The van der Waals surface area contributed by atoms with Gasteiger partial charge in [0, 0.05) is 6.54 Å². The van der Waals surface area contributed by atoms with Gasteiger partial charge < -0.3 is 10.4 Å². The van der Waals surface area contributed by atoms with Gasteiger partial charge in [0.2, 0.25) is 0 Å². The highest BCUT2D eigenvalue weighted by molar-refractivity contribution is 5.26. The minimum absolute atomic E-state index is 0.326. The van der Waals surface area contributed by atoms with Crippen LogP contribution in [0.25, 0.3) is 0 Å². The van der Waals surface area contributed by atoms with Crippen molar-refractivity contribution in [2.75, 3.05) is 6.54 Å². The summed E-state index contributed by atoms with van der Waals surface area (Å²) in [7, 11) is 0. The average Bonchev–Trinajstić information content (AvgIpc) is 2.46. The molecular formula is C18H23NO. The van der Waals surface area contributed by atoms with Crippen LogP contribution in [-0.4, -0.2) is 11.7 Å². The molecule has 0 heterocycles. The topological polar surface area (TPSA) is 32.3 Å². The van der Waals surface area contributed by atoms with Gasteiger partial charge >= 0.3 is 0 Å². The van der Waals surface area contributed by atoms with E-state index >= 15 is 0 Å². The van der Waals surface area contributed by atoms with Crippen molar-refractivity contribution in [2.45, 2.75) is 32.7 Å². The van der Waals surface area contributed by atoms with Gasteiger partial charge in [-0.1, -0.05) is 50.2 Å². The summed E-state index contributed by atoms with van der Waals surface area (Å²) in [4.78, 5) is 0. The molecule has 0 aromatic heterocycles. The smallest absolute Gasteiger partial charge is 0.115 e. The van der Waals surface area contributed by atoms with Gasteiger partial charge in [-0.25, -0.2) is 0 Å². The van der Waals surface area contributed by atoms with Gasteiger partial charge in [-0.05, 0) is 47.7 Å². The second-order valence-corrected chi connectivity index (χ2v) is 5.49. The van der Waals surface area contributed by atoms with Gasteiger partial charge in [-0.3, -0.25) is 0 Å². The van der Waals surface area contributed by atoms with Crippen LogP contribution in [0.15, 0.2) is 48.5 Å². The van der Waals surface area contributed by atoms with Crippen LogP contribution < -0.4 is 5.32 Å². The van der Waals surface area contributed by atoms with Gasteiger partial charge in [0.25, 0.3) is 0 Å². The molecule has 0 amide bonds. The van der Waals surface area contributed by atoms with E-state index < -0.39 is 0 Å². The summed E-state index contributed by atoms with van der Waals surface area (Å²) < 4.78 is 0. The molecule has 106 valence electrons. The Balaban J connectivity index is 1.74. The average molecular weight is 269 g/mol. The van der Waals surface area contributed by atoms with Crippen LogP contribution in [0, 0.1) is 0 Å². The second-order valence-electron chi connectivity index (χ2n) is 5.49. The Morgan fingerprint density at radius 1 is 0.900 bits per heavy atom. The van der Waals surface area contributed by atoms with Gasteiger partial charge in [0.05, 0.1) is 0 Å². The van der Waals surface area contributed by atoms with Crippen molar-refractivity contribution in [2.24, 2.45) is 0 Å². The van der Waals surface area contributed by atoms with E-state index in [4.69, 9.17) is 0 Å². The molecule has 2 aromatic rings. The molecule has 2 N–H and O–H groups in total. The fraction of sp³-hybridized carbons (Fsp3) is 0.333. The first-order valence-electron chi connectivity index (χ1n) is 7.22. The van der Waals surface area contributed by atoms with E-state index in [0.29, 0.717) is 11.7 Å². The number of hydrogen-bond acceptors (Lipinski definition) is 2. The maximum absolute atomic E-state index is 9.22. The summed E-state index contributed by atoms with van der Waals surface area (Å²) in [5, 5.41) is 12.7. The van der Waals surface area contributed by atoms with Crippen LogP contribution in [0.4, 0.5) is 0 Å². The molecule has 0 fully saturated rings. The third-order valence-corrected chi connectivity index (χ3v) is 3.50. The lowest BCUT2D eigenvalue weighted by atomic mass is 10.0. The lowest BCUT2D eigenvalue weighted by Crippen LogP contribution is -2.16. The summed E-state index contributed by atoms with van der Waals surface area (Å²) in [6.45, 7) is 6.27. The zero-order chi connectivity index (χ0) is 14.4. The van der Waals surface area contributed by atoms with Crippen molar-refractivity contribution in [1.29, 1.82) is 0 Å². The molecule has 0 aliphatic carbocycles. The Labute approximate surface area is 121 Å². The molecule has 2 rings (SSSR count). The fourth-order valence-electron chi connectivity index (χ4n) is 2.15. The summed E-state index contributed by atoms with van der Waals surface area (Å²) in [5.74, 6) is 0.915. The van der Waals surface area contributed by atoms with E-state index in [1.54, 1.807) is 12.1 Å². The van der Waals surface area contributed by atoms with E-state index in [0.717, 1.165) is 19.5 Å². The van der Waals surface area contributed by atoms with Crippen LogP contribution in [0.5, 0.6) is 5.75 Å². The highest BCUT2D eigenvalue weighted by Gasteiger charge is 1.99. The first-order chi connectivity index (χ1) is 9.65. The highest BCUT2D eigenvalue weighted by Crippen LogP contribution is 2.14. The van der Waals surface area contributed by atoms with Crippen LogP contribution >= 0.6 is 0 Å². The monoisotopic (exact) mass is 269 g/mol. The Morgan fingerprint density at radius 3 is 2.10 bits per heavy atom. The fourth-order valence-corrected chi connectivity index (χ4v) is 2.15. The molecule has 20 heavy (non-hydrogen) atoms. The zero-order valence-corrected chi connectivity index (χ0v) is 12.3. The number of phenols is 1. The molecule has 0 atom stereocenters. The summed E-state index contributed by atoms with van der Waals surface area (Å²) in [6.07, 6.45) is 0.977. The normalized spacial score (nSPS) is 10.9. The van der Waals surface area contributed by atoms with Crippen LogP contribution in [0.3, 0.4) is 0 Å². The first-order valence-corrected chi connectivity index (χ1v) is 7.22. The Hall–Kier alpha value is -1.80. The molecule has 0 aliphatic rings. The molecular weight excluding hydrogens is 246 g/mol. The summed E-state index contributed by atoms with van der Waals surface area (Å²) >= 11 is 0. The standard InChI is InChI=1S/C18H23NO/c1-14(2)17-7-3-16(4-8-17)13-19-12-11-15-5-9-18(20)10-6-15/h3-10,14,19-20H,11-13H2,1-2H3. The molecule has 0 unspecified atom stereocenters. The van der Waals surface area contributed by atoms with Crippen molar-refractivity contribution in [3.63, 3.8) is 0 Å². The van der Waals surface area contributed by atoms with Crippen molar-refractivity contribution < 1.29 is 5.11 Å². The molecule has 0 spiro atoms. The SMILES string of the molecule is CC(C)c1ccc(CNCCc2ccc(O)cc2)cc1. The Kier molecular flexibility index (Phi) is 5.19. The lowest BCUT2D eigenvalue weighted by molar-refractivity contribution is 0.475. The van der Waals surface area contributed by atoms with E-state index in [-0.39, 0.29) is 0 Å². The maximum Gasteiger partial charge on any atom is 0.115 e. The number of nitrogens with one attached hydrogen (secondary N) is 1. The molecule has 0 saturated heterocycles. The predicted octanol–water partition coefficient (Wildman–Crippen LogP) is 3.85. The van der Waals surface area contributed by atoms with E-state index in [1.807, 2.05) is 12.1 Å². The molecule has 2 heteroatoms. The van der Waals surface area contributed by atoms with E-state index in [1.165, 1.54) is 16.7 Å². The largest absolute Gasteiger partial charge is 0.508 e. The van der Waals surface area contributed by atoms with Crippen LogP contribution in [-0.2, 0) is 13.0 Å².